The van der Waals surface area contributed by atoms with E-state index in [4.69, 9.17) is 17.5 Å². The third-order valence-corrected chi connectivity index (χ3v) is 0. The van der Waals surface area contributed by atoms with Gasteiger partial charge in [-0.15, -0.1) is 0 Å². The van der Waals surface area contributed by atoms with Crippen LogP contribution in [-0.4, -0.2) is 39.4 Å². The van der Waals surface area contributed by atoms with Crippen LogP contribution in [0.15, 0.2) is 0 Å². The molecule has 10 heteroatoms. The quantitative estimate of drug-likeness (QED) is 0.225. The van der Waals surface area contributed by atoms with Crippen LogP contribution in [0.3, 0.4) is 0 Å². The Hall–Kier alpha value is 0.229. The molecule has 0 saturated carbocycles. The molecule has 0 atom stereocenters. The summed E-state index contributed by atoms with van der Waals surface area (Å²) in [6.45, 7) is 0. The molecule has 0 spiro atoms. The Bertz CT molecular complexity index is 92.4. The number of hydrogen-bond acceptors (Lipinski definition) is 4. The van der Waals surface area contributed by atoms with Crippen molar-refractivity contribution in [1.82, 2.24) is 0 Å². The normalized spacial score (nSPS) is 5.80. The number of rotatable bonds is 0. The molecule has 1 radical (unpaired) electrons. The van der Waals surface area contributed by atoms with Crippen molar-refractivity contribution in [3.8, 4) is 0 Å². The Kier molecular flexibility index (Phi) is 78.5. The molecule has 8 N–H and O–H groups in total. The Labute approximate surface area is 67.5 Å². The molecule has 0 heterocycles. The fourth-order valence-electron chi connectivity index (χ4n) is 0. The predicted molar refractivity (Wildman–Crippen MR) is 24.9 cm³/mol. The van der Waals surface area contributed by atoms with E-state index in [1.807, 2.05) is 0 Å². The van der Waals surface area contributed by atoms with Crippen molar-refractivity contribution in [1.29, 1.82) is 0 Å². The van der Waals surface area contributed by atoms with Crippen LogP contribution in [0, 0.1) is 0 Å². The van der Waals surface area contributed by atoms with E-state index >= 15 is 0 Å². The average Bonchev–Trinajstić information content (AvgIpc) is 0.722. The summed E-state index contributed by atoms with van der Waals surface area (Å²) in [5.74, 6) is 0. The molecule has 0 aromatic carbocycles. The van der Waals surface area contributed by atoms with E-state index in [0.717, 1.165) is 0 Å². The molecule has 0 aliphatic rings. The molecule has 10 heavy (non-hydrogen) atoms. The van der Waals surface area contributed by atoms with Crippen LogP contribution in [0.4, 0.5) is 0 Å². The minimum atomic E-state index is -5.17. The fourth-order valence-corrected chi connectivity index (χ4v) is 0. The third kappa shape index (κ3) is 8170. The zero-order chi connectivity index (χ0) is 4.50. The van der Waals surface area contributed by atoms with Crippen LogP contribution >= 0.6 is 0 Å². The van der Waals surface area contributed by atoms with Crippen LogP contribution < -0.4 is 0 Å². The van der Waals surface area contributed by atoms with Crippen LogP contribution in [0.1, 0.15) is 0 Å². The van der Waals surface area contributed by atoms with E-state index in [-0.39, 0.29) is 39.0 Å². The number of hydrogen-bond donors (Lipinski definition) is 0. The molecule has 0 fully saturated rings. The standard InChI is InChI=1S/Mn.H2O4S.4H2O/c;1-5(2,3)4;;;;/h;(H2,1,2,3,4);4*1H2/q+2;;;;;/p-2. The molecular formula is H8MnO8S. The molecular weight excluding hydrogens is 215 g/mol. The Morgan fingerprint density at radius 2 is 0.800 bits per heavy atom. The molecule has 0 aromatic rings. The van der Waals surface area contributed by atoms with Gasteiger partial charge in [0, 0.05) is 10.4 Å². The molecule has 0 aliphatic carbocycles. The summed E-state index contributed by atoms with van der Waals surface area (Å²) in [7, 11) is -5.17. The minimum Gasteiger partial charge on any atom is -0.759 e. The van der Waals surface area contributed by atoms with Crippen molar-refractivity contribution in [2.45, 2.75) is 0 Å². The van der Waals surface area contributed by atoms with Gasteiger partial charge in [-0.1, -0.05) is 0 Å². The second-order valence-electron chi connectivity index (χ2n) is 0.408. The van der Waals surface area contributed by atoms with E-state index < -0.39 is 10.4 Å². The third-order valence-electron chi connectivity index (χ3n) is 0. The van der Waals surface area contributed by atoms with E-state index in [9.17, 15) is 0 Å². The molecule has 0 rings (SSSR count). The second-order valence-corrected chi connectivity index (χ2v) is 1.22. The minimum absolute atomic E-state index is 0. The molecule has 0 saturated heterocycles. The van der Waals surface area contributed by atoms with E-state index in [0.29, 0.717) is 0 Å². The maximum absolute atomic E-state index is 8.52. The fraction of sp³-hybridized carbons (Fsp3) is 0. The second kappa shape index (κ2) is 16.1. The maximum Gasteiger partial charge on any atom is 2.00 e. The van der Waals surface area contributed by atoms with Crippen molar-refractivity contribution in [3.05, 3.63) is 0 Å². The molecule has 0 amide bonds. The predicted octanol–water partition coefficient (Wildman–Crippen LogP) is -4.64. The van der Waals surface area contributed by atoms with Gasteiger partial charge in [-0.05, 0) is 0 Å². The maximum atomic E-state index is 8.52. The Balaban J connectivity index is -0.00000000800. The Morgan fingerprint density at radius 3 is 0.800 bits per heavy atom. The van der Waals surface area contributed by atoms with E-state index in [1.165, 1.54) is 0 Å². The smallest absolute Gasteiger partial charge is 0.759 e. The van der Waals surface area contributed by atoms with Crippen molar-refractivity contribution >= 4 is 10.4 Å². The van der Waals surface area contributed by atoms with Gasteiger partial charge in [0.25, 0.3) is 0 Å². The largest absolute Gasteiger partial charge is 2.00 e. The van der Waals surface area contributed by atoms with Crippen molar-refractivity contribution in [3.63, 3.8) is 0 Å². The summed E-state index contributed by atoms with van der Waals surface area (Å²) in [6, 6.07) is 0. The summed E-state index contributed by atoms with van der Waals surface area (Å²) in [4.78, 5) is 0. The molecule has 0 aromatic heterocycles. The van der Waals surface area contributed by atoms with Gasteiger partial charge in [-0.25, -0.2) is 0 Å². The van der Waals surface area contributed by atoms with Crippen LogP contribution in [-0.2, 0) is 27.5 Å². The van der Waals surface area contributed by atoms with E-state index in [1.54, 1.807) is 0 Å². The van der Waals surface area contributed by atoms with Crippen molar-refractivity contribution < 1.29 is 56.5 Å². The van der Waals surface area contributed by atoms with E-state index in [2.05, 4.69) is 0 Å². The SMILES string of the molecule is O.O.O.O.O=S(=O)([O-])[O-].[Mn+2]. The van der Waals surface area contributed by atoms with Gasteiger partial charge in [-0.3, -0.25) is 8.42 Å². The molecule has 8 nitrogen and oxygen atoms in total. The first-order valence-electron chi connectivity index (χ1n) is 0.667. The monoisotopic (exact) mass is 223 g/mol. The molecule has 0 aliphatic heterocycles. The van der Waals surface area contributed by atoms with Crippen LogP contribution in [0.2, 0.25) is 0 Å². The zero-order valence-corrected chi connectivity index (χ0v) is 6.42. The summed E-state index contributed by atoms with van der Waals surface area (Å²) in [6.07, 6.45) is 0. The van der Waals surface area contributed by atoms with Crippen molar-refractivity contribution in [2.24, 2.45) is 0 Å². The van der Waals surface area contributed by atoms with Gasteiger partial charge in [-0.2, -0.15) is 0 Å². The zero-order valence-electron chi connectivity index (χ0n) is 4.42. The average molecular weight is 223 g/mol. The summed E-state index contributed by atoms with van der Waals surface area (Å²) in [5, 5.41) is 0. The molecule has 0 unspecified atom stereocenters. The van der Waals surface area contributed by atoms with Crippen molar-refractivity contribution in [2.75, 3.05) is 0 Å². The topological polar surface area (TPSA) is 206 Å². The molecule has 69 valence electrons. The Morgan fingerprint density at radius 1 is 0.800 bits per heavy atom. The first-order valence-corrected chi connectivity index (χ1v) is 2.00. The first-order chi connectivity index (χ1) is 2.00. The molecule has 0 bridgehead atoms. The first kappa shape index (κ1) is 48.7. The van der Waals surface area contributed by atoms with Gasteiger partial charge in [0.15, 0.2) is 0 Å². The van der Waals surface area contributed by atoms with Crippen LogP contribution in [0.5, 0.6) is 0 Å². The van der Waals surface area contributed by atoms with Crippen LogP contribution in [0.25, 0.3) is 0 Å². The van der Waals surface area contributed by atoms with Gasteiger partial charge in [0.05, 0.1) is 0 Å². The van der Waals surface area contributed by atoms with Gasteiger partial charge in [0.2, 0.25) is 0 Å². The summed E-state index contributed by atoms with van der Waals surface area (Å²) >= 11 is 0. The summed E-state index contributed by atoms with van der Waals surface area (Å²) < 4.78 is 34.1. The van der Waals surface area contributed by atoms with Gasteiger partial charge in [0.1, 0.15) is 0 Å². The summed E-state index contributed by atoms with van der Waals surface area (Å²) in [5.41, 5.74) is 0. The van der Waals surface area contributed by atoms with Gasteiger partial charge < -0.3 is 31.0 Å². The van der Waals surface area contributed by atoms with Gasteiger partial charge >= 0.3 is 17.1 Å².